The zero-order valence-corrected chi connectivity index (χ0v) is 17.5. The van der Waals surface area contributed by atoms with Crippen molar-refractivity contribution < 1.29 is 9.18 Å². The maximum atomic E-state index is 13.3. The molecule has 0 aliphatic carbocycles. The van der Waals surface area contributed by atoms with Crippen LogP contribution in [0.15, 0.2) is 65.0 Å². The van der Waals surface area contributed by atoms with Crippen molar-refractivity contribution in [2.75, 3.05) is 16.4 Å². The van der Waals surface area contributed by atoms with Crippen LogP contribution in [0.2, 0.25) is 0 Å². The molecule has 0 saturated carbocycles. The van der Waals surface area contributed by atoms with Gasteiger partial charge in [-0.15, -0.1) is 10.2 Å². The highest BCUT2D eigenvalue weighted by atomic mass is 32.2. The van der Waals surface area contributed by atoms with Gasteiger partial charge in [-0.1, -0.05) is 47.4 Å². The zero-order chi connectivity index (χ0) is 20.9. The number of carbonyl (C=O) groups is 1. The third-order valence-electron chi connectivity index (χ3n) is 3.91. The summed E-state index contributed by atoms with van der Waals surface area (Å²) in [6.45, 7) is 1.87. The molecule has 0 saturated heterocycles. The normalized spacial score (nSPS) is 10.7. The van der Waals surface area contributed by atoms with Crippen LogP contribution in [0.3, 0.4) is 0 Å². The molecule has 0 aliphatic rings. The van der Waals surface area contributed by atoms with E-state index in [0.717, 1.165) is 11.4 Å². The third kappa shape index (κ3) is 5.02. The molecule has 4 aromatic rings. The Kier molecular flexibility index (Phi) is 6.05. The summed E-state index contributed by atoms with van der Waals surface area (Å²) in [5.74, 6) is 0.274. The minimum atomic E-state index is -0.333. The largest absolute Gasteiger partial charge is 0.330 e. The molecular weight excluding hydrogens is 423 g/mol. The van der Waals surface area contributed by atoms with Gasteiger partial charge in [-0.05, 0) is 37.3 Å². The molecule has 0 atom stereocenters. The molecule has 30 heavy (non-hydrogen) atoms. The van der Waals surface area contributed by atoms with Gasteiger partial charge in [0.25, 0.3) is 0 Å². The highest BCUT2D eigenvalue weighted by molar-refractivity contribution is 8.01. The lowest BCUT2D eigenvalue weighted by Gasteiger charge is -2.08. The van der Waals surface area contributed by atoms with Crippen molar-refractivity contribution in [1.82, 2.24) is 20.0 Å². The van der Waals surface area contributed by atoms with Crippen molar-refractivity contribution >= 4 is 45.6 Å². The first-order chi connectivity index (χ1) is 14.6. The smallest absolute Gasteiger partial charge is 0.235 e. The highest BCUT2D eigenvalue weighted by Gasteiger charge is 2.13. The summed E-state index contributed by atoms with van der Waals surface area (Å²) >= 11 is 2.58. The topological polar surface area (TPSA) is 84.7 Å². The van der Waals surface area contributed by atoms with E-state index in [1.165, 1.54) is 35.2 Å². The number of carbonyl (C=O) groups excluding carboxylic acids is 1. The molecule has 152 valence electrons. The second-order valence-electron chi connectivity index (χ2n) is 6.26. The fourth-order valence-corrected chi connectivity index (χ4v) is 4.24. The van der Waals surface area contributed by atoms with E-state index < -0.39 is 0 Å². The van der Waals surface area contributed by atoms with Gasteiger partial charge >= 0.3 is 0 Å². The van der Waals surface area contributed by atoms with Gasteiger partial charge in [-0.25, -0.2) is 9.07 Å². The molecular formula is C20H17FN6OS2. The average Bonchev–Trinajstić information content (AvgIpc) is 3.33. The lowest BCUT2D eigenvalue weighted by molar-refractivity contribution is -0.113. The van der Waals surface area contributed by atoms with E-state index in [4.69, 9.17) is 0 Å². The Balaban J connectivity index is 1.35. The summed E-state index contributed by atoms with van der Waals surface area (Å²) in [6.07, 6.45) is 0. The van der Waals surface area contributed by atoms with E-state index in [2.05, 4.69) is 25.9 Å². The van der Waals surface area contributed by atoms with Gasteiger partial charge in [0.15, 0.2) is 4.34 Å². The molecule has 7 nitrogen and oxygen atoms in total. The molecule has 0 spiro atoms. The Morgan fingerprint density at radius 1 is 1.13 bits per heavy atom. The maximum Gasteiger partial charge on any atom is 0.235 e. The van der Waals surface area contributed by atoms with Crippen molar-refractivity contribution in [3.63, 3.8) is 0 Å². The van der Waals surface area contributed by atoms with Crippen LogP contribution in [-0.4, -0.2) is 31.6 Å². The van der Waals surface area contributed by atoms with Crippen molar-refractivity contribution in [2.45, 2.75) is 11.3 Å². The SMILES string of the molecule is Cc1cc(NC(=O)CSc2nnc(Nc3cccc(F)c3)s2)n(-c2ccccc2)n1. The monoisotopic (exact) mass is 440 g/mol. The number of halogens is 1. The minimum absolute atomic E-state index is 0.174. The van der Waals surface area contributed by atoms with Crippen molar-refractivity contribution in [2.24, 2.45) is 0 Å². The van der Waals surface area contributed by atoms with E-state index in [1.54, 1.807) is 16.8 Å². The predicted octanol–water partition coefficient (Wildman–Crippen LogP) is 4.65. The highest BCUT2D eigenvalue weighted by Crippen LogP contribution is 2.28. The number of aryl methyl sites for hydroxylation is 1. The van der Waals surface area contributed by atoms with Gasteiger partial charge in [0.05, 0.1) is 17.1 Å². The first-order valence-corrected chi connectivity index (χ1v) is 10.8. The van der Waals surface area contributed by atoms with Crippen LogP contribution in [0.25, 0.3) is 5.69 Å². The number of amides is 1. The summed E-state index contributed by atoms with van der Waals surface area (Å²) < 4.78 is 15.6. The van der Waals surface area contributed by atoms with Gasteiger partial charge in [0, 0.05) is 11.8 Å². The van der Waals surface area contributed by atoms with Gasteiger partial charge in [0.2, 0.25) is 11.0 Å². The van der Waals surface area contributed by atoms with Crippen LogP contribution in [0, 0.1) is 12.7 Å². The zero-order valence-electron chi connectivity index (χ0n) is 15.9. The quantitative estimate of drug-likeness (QED) is 0.407. The summed E-state index contributed by atoms with van der Waals surface area (Å²) in [7, 11) is 0. The molecule has 1 amide bonds. The number of hydrogen-bond donors (Lipinski definition) is 2. The molecule has 2 heterocycles. The molecule has 0 unspecified atom stereocenters. The fraction of sp³-hybridized carbons (Fsp3) is 0.100. The number of nitrogens with one attached hydrogen (secondary N) is 2. The number of benzene rings is 2. The summed E-state index contributed by atoms with van der Waals surface area (Å²) in [4.78, 5) is 12.4. The maximum absolute atomic E-state index is 13.3. The van der Waals surface area contributed by atoms with E-state index in [-0.39, 0.29) is 17.5 Å². The van der Waals surface area contributed by atoms with Crippen LogP contribution in [0.1, 0.15) is 5.69 Å². The average molecular weight is 441 g/mol. The van der Waals surface area contributed by atoms with E-state index in [1.807, 2.05) is 43.3 Å². The fourth-order valence-electron chi connectivity index (χ4n) is 2.67. The van der Waals surface area contributed by atoms with Gasteiger partial charge in [-0.3, -0.25) is 4.79 Å². The molecule has 2 N–H and O–H groups in total. The van der Waals surface area contributed by atoms with Gasteiger partial charge < -0.3 is 10.6 Å². The number of thioether (sulfide) groups is 1. The van der Waals surface area contributed by atoms with E-state index >= 15 is 0 Å². The van der Waals surface area contributed by atoms with Crippen LogP contribution in [0.5, 0.6) is 0 Å². The van der Waals surface area contributed by atoms with Crippen molar-refractivity contribution in [3.8, 4) is 5.69 Å². The van der Waals surface area contributed by atoms with Crippen molar-refractivity contribution in [3.05, 3.63) is 72.2 Å². The summed E-state index contributed by atoms with van der Waals surface area (Å²) in [5.41, 5.74) is 2.26. The molecule has 0 bridgehead atoms. The Hall–Kier alpha value is -3.24. The second kappa shape index (κ2) is 9.06. The molecule has 0 fully saturated rings. The standard InChI is InChI=1S/C20H17FN6OS2/c1-13-10-17(27(26-13)16-8-3-2-4-9-16)23-18(28)12-29-20-25-24-19(30-20)22-15-7-5-6-14(21)11-15/h2-11H,12H2,1H3,(H,22,24)(H,23,28). The predicted molar refractivity (Wildman–Crippen MR) is 117 cm³/mol. The molecule has 4 rings (SSSR count). The lowest BCUT2D eigenvalue weighted by Crippen LogP contribution is -2.16. The van der Waals surface area contributed by atoms with Crippen LogP contribution < -0.4 is 10.6 Å². The van der Waals surface area contributed by atoms with Gasteiger partial charge in [-0.2, -0.15) is 5.10 Å². The Morgan fingerprint density at radius 2 is 1.97 bits per heavy atom. The summed E-state index contributed by atoms with van der Waals surface area (Å²) in [5, 5.41) is 19.0. The molecule has 10 heteroatoms. The summed E-state index contributed by atoms with van der Waals surface area (Å²) in [6, 6.07) is 17.5. The number of anilines is 3. The number of hydrogen-bond acceptors (Lipinski definition) is 7. The van der Waals surface area contributed by atoms with Crippen LogP contribution in [0.4, 0.5) is 21.0 Å². The lowest BCUT2D eigenvalue weighted by atomic mass is 10.3. The van der Waals surface area contributed by atoms with Crippen molar-refractivity contribution in [1.29, 1.82) is 0 Å². The van der Waals surface area contributed by atoms with Gasteiger partial charge in [0.1, 0.15) is 11.6 Å². The molecule has 2 aromatic heterocycles. The first kappa shape index (κ1) is 20.0. The van der Waals surface area contributed by atoms with Crippen LogP contribution in [-0.2, 0) is 4.79 Å². The number of para-hydroxylation sites is 1. The Bertz CT molecular complexity index is 1160. The molecule has 2 aromatic carbocycles. The molecule has 0 aliphatic heterocycles. The Labute approximate surface area is 180 Å². The number of rotatable bonds is 7. The Morgan fingerprint density at radius 3 is 2.77 bits per heavy atom. The first-order valence-electron chi connectivity index (χ1n) is 8.98. The van der Waals surface area contributed by atoms with E-state index in [9.17, 15) is 9.18 Å². The number of nitrogens with zero attached hydrogens (tertiary/aromatic N) is 4. The molecule has 0 radical (unpaired) electrons. The van der Waals surface area contributed by atoms with Crippen LogP contribution >= 0.6 is 23.1 Å². The third-order valence-corrected chi connectivity index (χ3v) is 5.88. The van der Waals surface area contributed by atoms with E-state index in [0.29, 0.717) is 21.0 Å². The minimum Gasteiger partial charge on any atom is -0.330 e. The number of aromatic nitrogens is 4. The second-order valence-corrected chi connectivity index (χ2v) is 8.46.